The summed E-state index contributed by atoms with van der Waals surface area (Å²) in [5.74, 6) is -0.0356. The van der Waals surface area contributed by atoms with Gasteiger partial charge in [-0.05, 0) is 124 Å². The molecule has 1 spiro atoms. The molecule has 68 heavy (non-hydrogen) atoms. The predicted octanol–water partition coefficient (Wildman–Crippen LogP) is 9.51. The molecule has 3 aromatic heterocycles. The molecule has 1 amide bonds. The van der Waals surface area contributed by atoms with Gasteiger partial charge in [0.25, 0.3) is 15.9 Å². The average Bonchev–Trinajstić information content (AvgIpc) is 3.93. The first-order valence-electron chi connectivity index (χ1n) is 24.3. The van der Waals surface area contributed by atoms with E-state index in [-0.39, 0.29) is 45.5 Å². The van der Waals surface area contributed by atoms with E-state index >= 15 is 0 Å². The Morgan fingerprint density at radius 3 is 2.49 bits per heavy atom. The van der Waals surface area contributed by atoms with Gasteiger partial charge in [-0.15, -0.1) is 0 Å². The molecule has 17 heteroatoms. The minimum absolute atomic E-state index is 0.0612. The van der Waals surface area contributed by atoms with Crippen LogP contribution < -0.4 is 19.7 Å². The molecule has 2 saturated heterocycles. The lowest BCUT2D eigenvalue weighted by molar-refractivity contribution is -0.384. The number of pyridine rings is 2. The second-order valence-corrected chi connectivity index (χ2v) is 22.5. The Balaban J connectivity index is 0.874. The van der Waals surface area contributed by atoms with Crippen LogP contribution in [0, 0.1) is 27.3 Å². The number of rotatable bonds is 14. The number of amides is 1. The molecular weight excluding hydrogens is 888 g/mol. The number of H-pyrrole nitrogens is 1. The van der Waals surface area contributed by atoms with Gasteiger partial charge >= 0.3 is 5.69 Å². The summed E-state index contributed by atoms with van der Waals surface area (Å²) in [5.41, 5.74) is 3.59. The molecule has 4 N–H and O–H groups in total. The van der Waals surface area contributed by atoms with Crippen LogP contribution in [0.25, 0.3) is 11.0 Å². The van der Waals surface area contributed by atoms with Crippen molar-refractivity contribution in [2.45, 2.75) is 126 Å². The maximum Gasteiger partial charge on any atom is 0.312 e. The lowest BCUT2D eigenvalue weighted by atomic mass is 9.70. The number of sulfonamides is 1. The molecule has 2 atom stereocenters. The lowest BCUT2D eigenvalue weighted by Gasteiger charge is -2.57. The van der Waals surface area contributed by atoms with Gasteiger partial charge in [-0.2, -0.15) is 0 Å². The molecule has 3 saturated carbocycles. The molecule has 15 nitrogen and oxygen atoms in total. The largest absolute Gasteiger partial charge is 0.454 e. The Labute approximate surface area is 396 Å². The van der Waals surface area contributed by atoms with E-state index in [1.54, 1.807) is 25.1 Å². The molecular formula is C51H61FN8O7S. The van der Waals surface area contributed by atoms with Gasteiger partial charge in [0.05, 0.1) is 33.4 Å². The van der Waals surface area contributed by atoms with Gasteiger partial charge < -0.3 is 25.0 Å². The van der Waals surface area contributed by atoms with E-state index < -0.39 is 42.9 Å². The smallest absolute Gasteiger partial charge is 0.312 e. The standard InChI is InChI=1S/C51H61FN8O7S/c1-31(2)36-7-4-5-8-37(36)38-9-6-10-42(38)59-29-51(30-59)19-21-58(22-20-51)34-13-14-39(44(23-34)67-45-25-40-41(52)28-55-47(40)56-46(45)33-11-12-33)49(61)57-68(65,66)35-24-43(60(63)64)48(54-27-35)53-26-32-15-17-50(3,62)18-16-32/h4-5,7-8,13-14,23-25,27-28,31-33,38,42,62H,6,9-12,15-22,26,29-30H2,1-3H3,(H,53,54)(H,55,56)(H,57,61)/t32-,38-,42-,50-/m0/s1. The highest BCUT2D eigenvalue weighted by molar-refractivity contribution is 7.90. The minimum atomic E-state index is -4.69. The van der Waals surface area contributed by atoms with Gasteiger partial charge in [-0.25, -0.2) is 27.5 Å². The van der Waals surface area contributed by atoms with Gasteiger partial charge in [0, 0.05) is 68.7 Å². The van der Waals surface area contributed by atoms with Gasteiger partial charge in [0.2, 0.25) is 5.82 Å². The zero-order chi connectivity index (χ0) is 47.5. The third-order valence-corrected chi connectivity index (χ3v) is 16.8. The number of aromatic nitrogens is 3. The van der Waals surface area contributed by atoms with Crippen LogP contribution in [-0.4, -0.2) is 88.6 Å². The number of hydrogen-bond donors (Lipinski definition) is 4. The van der Waals surface area contributed by atoms with Crippen LogP contribution in [0.3, 0.4) is 0 Å². The van der Waals surface area contributed by atoms with Crippen molar-refractivity contribution in [3.63, 3.8) is 0 Å². The van der Waals surface area contributed by atoms with Crippen molar-refractivity contribution in [1.29, 1.82) is 0 Å². The molecule has 360 valence electrons. The number of nitrogens with zero attached hydrogens (tertiary/aromatic N) is 5. The molecule has 5 heterocycles. The van der Waals surface area contributed by atoms with Crippen molar-refractivity contribution in [2.75, 3.05) is 42.9 Å². The van der Waals surface area contributed by atoms with Crippen molar-refractivity contribution in [1.82, 2.24) is 24.6 Å². The SMILES string of the molecule is CC(C)c1ccccc1[C@@H]1CCC[C@@H]1N1CC2(CCN(c3ccc(C(=O)NS(=O)(=O)c4cnc(NC[C@H]5CC[C@](C)(O)CC5)c([N+](=O)[O-])c4)c(Oc4cc5c(F)c[nH]c5nc4C4CC4)c3)CC2)C1. The van der Waals surface area contributed by atoms with E-state index in [9.17, 15) is 32.8 Å². The van der Waals surface area contributed by atoms with E-state index in [0.29, 0.717) is 48.6 Å². The summed E-state index contributed by atoms with van der Waals surface area (Å²) in [6.45, 7) is 10.4. The summed E-state index contributed by atoms with van der Waals surface area (Å²) >= 11 is 0. The molecule has 0 bridgehead atoms. The number of hydrogen-bond acceptors (Lipinski definition) is 12. The summed E-state index contributed by atoms with van der Waals surface area (Å²) in [6, 6.07) is 17.0. The zero-order valence-corrected chi connectivity index (χ0v) is 39.8. The second-order valence-electron chi connectivity index (χ2n) is 20.8. The normalized spacial score (nSPS) is 24.0. The lowest BCUT2D eigenvalue weighted by Crippen LogP contribution is -2.63. The predicted molar refractivity (Wildman–Crippen MR) is 258 cm³/mol. The van der Waals surface area contributed by atoms with Gasteiger partial charge in [-0.1, -0.05) is 44.5 Å². The van der Waals surface area contributed by atoms with Crippen molar-refractivity contribution in [3.8, 4) is 11.5 Å². The molecule has 3 aliphatic carbocycles. The summed E-state index contributed by atoms with van der Waals surface area (Å²) in [5, 5.41) is 25.7. The van der Waals surface area contributed by atoms with Gasteiger partial charge in [0.1, 0.15) is 27.9 Å². The van der Waals surface area contributed by atoms with Crippen LogP contribution in [0.15, 0.2) is 71.9 Å². The van der Waals surface area contributed by atoms with E-state index in [0.717, 1.165) is 82.7 Å². The van der Waals surface area contributed by atoms with Gasteiger partial charge in [-0.3, -0.25) is 19.8 Å². The first kappa shape index (κ1) is 46.1. The fourth-order valence-electron chi connectivity index (χ4n) is 11.4. The Morgan fingerprint density at radius 1 is 1.01 bits per heavy atom. The van der Waals surface area contributed by atoms with Crippen molar-refractivity contribution in [3.05, 3.63) is 105 Å². The van der Waals surface area contributed by atoms with Crippen molar-refractivity contribution >= 4 is 44.2 Å². The topological polar surface area (TPSA) is 196 Å². The number of aromatic amines is 1. The number of nitrogens with one attached hydrogen (secondary N) is 3. The molecule has 5 fully saturated rings. The van der Waals surface area contributed by atoms with E-state index in [1.165, 1.54) is 42.7 Å². The number of piperidine rings is 1. The summed E-state index contributed by atoms with van der Waals surface area (Å²) < 4.78 is 51.3. The van der Waals surface area contributed by atoms with Crippen molar-refractivity contribution in [2.24, 2.45) is 11.3 Å². The van der Waals surface area contributed by atoms with Crippen LogP contribution in [0.4, 0.5) is 21.6 Å². The van der Waals surface area contributed by atoms with Crippen molar-refractivity contribution < 1.29 is 32.4 Å². The molecule has 2 aromatic carbocycles. The number of benzene rings is 2. The first-order valence-corrected chi connectivity index (χ1v) is 25.8. The van der Waals surface area contributed by atoms with Gasteiger partial charge in [0.15, 0.2) is 0 Å². The average molecular weight is 949 g/mol. The number of aliphatic hydroxyl groups is 1. The number of fused-ring (bicyclic) bond motifs is 1. The summed E-state index contributed by atoms with van der Waals surface area (Å²) in [6.07, 6.45) is 12.3. The Morgan fingerprint density at radius 2 is 1.76 bits per heavy atom. The number of halogens is 1. The first-order chi connectivity index (χ1) is 32.6. The third-order valence-electron chi connectivity index (χ3n) is 15.6. The van der Waals surface area contributed by atoms with Crippen LogP contribution in [0.2, 0.25) is 0 Å². The van der Waals surface area contributed by atoms with Crippen LogP contribution in [-0.2, 0) is 10.0 Å². The minimum Gasteiger partial charge on any atom is -0.454 e. The number of nitro groups is 1. The highest BCUT2D eigenvalue weighted by atomic mass is 32.2. The van der Waals surface area contributed by atoms with E-state index in [4.69, 9.17) is 9.72 Å². The van der Waals surface area contributed by atoms with Crippen LogP contribution in [0.5, 0.6) is 11.5 Å². The molecule has 5 aromatic rings. The highest BCUT2D eigenvalue weighted by Crippen LogP contribution is 2.50. The number of anilines is 2. The Bertz CT molecular complexity index is 2840. The molecule has 10 rings (SSSR count). The van der Waals surface area contributed by atoms with E-state index in [2.05, 4.69) is 67.9 Å². The monoisotopic (exact) mass is 948 g/mol. The Hall–Kier alpha value is -5.65. The second kappa shape index (κ2) is 18.0. The summed E-state index contributed by atoms with van der Waals surface area (Å²) in [7, 11) is -4.69. The fraction of sp³-hybridized carbons (Fsp3) is 0.510. The maximum atomic E-state index is 15.0. The third kappa shape index (κ3) is 9.28. The van der Waals surface area contributed by atoms with Crippen LogP contribution in [0.1, 0.15) is 136 Å². The molecule has 5 aliphatic rings. The summed E-state index contributed by atoms with van der Waals surface area (Å²) in [4.78, 5) is 41.8. The zero-order valence-electron chi connectivity index (χ0n) is 39.0. The number of ether oxygens (including phenoxy) is 1. The fourth-order valence-corrected chi connectivity index (χ4v) is 12.3. The highest BCUT2D eigenvalue weighted by Gasteiger charge is 2.49. The maximum absolute atomic E-state index is 15.0. The number of carbonyl (C=O) groups excluding carboxylic acids is 1. The molecule has 2 aliphatic heterocycles. The number of likely N-dealkylation sites (tertiary alicyclic amines) is 1. The van der Waals surface area contributed by atoms with E-state index in [1.807, 2.05) is 0 Å². The quantitative estimate of drug-likeness (QED) is 0.0609. The Kier molecular flexibility index (Phi) is 12.2. The molecule has 0 radical (unpaired) electrons. The van der Waals surface area contributed by atoms with Crippen LogP contribution >= 0.6 is 0 Å². The molecule has 0 unspecified atom stereocenters. The number of carbonyl (C=O) groups is 1.